The van der Waals surface area contributed by atoms with E-state index in [2.05, 4.69) is 40.3 Å². The molecule has 1 aliphatic rings. The number of aliphatic carboxylic acids is 1. The van der Waals surface area contributed by atoms with E-state index in [1.807, 2.05) is 24.3 Å². The third kappa shape index (κ3) is 9.36. The lowest BCUT2D eigenvalue weighted by atomic mass is 10.0. The Morgan fingerprint density at radius 2 is 1.98 bits per heavy atom. The number of ether oxygens (including phenoxy) is 3. The van der Waals surface area contributed by atoms with E-state index >= 15 is 0 Å². The van der Waals surface area contributed by atoms with Crippen LogP contribution in [0.2, 0.25) is 0 Å². The molecule has 0 radical (unpaired) electrons. The fraction of sp³-hybridized carbons (Fsp3) is 0.364. The molecule has 8 N–H and O–H groups in total. The number of aliphatic hydroxyl groups excluding tert-OH is 1. The van der Waals surface area contributed by atoms with Crippen LogP contribution < -0.4 is 31.4 Å². The lowest BCUT2D eigenvalue weighted by Gasteiger charge is -2.37. The molecule has 0 saturated carbocycles. The minimum atomic E-state index is -1.08. The van der Waals surface area contributed by atoms with E-state index in [4.69, 9.17) is 19.9 Å². The zero-order valence-corrected chi connectivity index (χ0v) is 29.7. The third-order valence-corrected chi connectivity index (χ3v) is 10.2. The first-order chi connectivity index (χ1) is 25.0. The quantitative estimate of drug-likeness (QED) is 0.0461. The maximum absolute atomic E-state index is 12.7. The second-order valence-electron chi connectivity index (χ2n) is 12.0. The van der Waals surface area contributed by atoms with Crippen LogP contribution >= 0.6 is 23.3 Å². The van der Waals surface area contributed by atoms with Gasteiger partial charge >= 0.3 is 11.9 Å². The molecule has 5 unspecified atom stereocenters. The molecule has 1 aliphatic heterocycles. The summed E-state index contributed by atoms with van der Waals surface area (Å²) >= 11 is 2.71. The van der Waals surface area contributed by atoms with Crippen LogP contribution in [0, 0.1) is 0 Å². The fourth-order valence-electron chi connectivity index (χ4n) is 5.42. The van der Waals surface area contributed by atoms with Gasteiger partial charge in [0.25, 0.3) is 5.56 Å². The van der Waals surface area contributed by atoms with E-state index in [1.165, 1.54) is 29.5 Å². The Morgan fingerprint density at radius 3 is 2.75 bits per heavy atom. The van der Waals surface area contributed by atoms with Gasteiger partial charge < -0.3 is 40.8 Å². The summed E-state index contributed by atoms with van der Waals surface area (Å²) in [7, 11) is 1.56. The number of hydrogen-bond donors (Lipinski definition) is 7. The molecule has 17 nitrogen and oxygen atoms in total. The topological polar surface area (TPSA) is 249 Å². The SMILES string of the molecule is COC1CC(NSc2nc3ccc(OC(=O)CCC(NCc4ccc(NCc5cnc6nc(N)[nH]c(=O)c6n5)cc4)C(=O)O)cc3s2)C(O)C(C)O1. The summed E-state index contributed by atoms with van der Waals surface area (Å²) in [5.74, 6) is -1.33. The van der Waals surface area contributed by atoms with Gasteiger partial charge in [0.2, 0.25) is 5.95 Å². The van der Waals surface area contributed by atoms with Crippen molar-refractivity contribution in [3.8, 4) is 5.75 Å². The van der Waals surface area contributed by atoms with Crippen molar-refractivity contribution >= 4 is 68.2 Å². The van der Waals surface area contributed by atoms with E-state index in [0.29, 0.717) is 24.4 Å². The summed E-state index contributed by atoms with van der Waals surface area (Å²) in [6, 6.07) is 11.2. The number of aliphatic hydroxyl groups is 1. The Kier molecular flexibility index (Phi) is 11.9. The van der Waals surface area contributed by atoms with Crippen molar-refractivity contribution in [3.05, 3.63) is 70.3 Å². The normalized spacial score (nSPS) is 19.4. The van der Waals surface area contributed by atoms with Crippen molar-refractivity contribution < 1.29 is 34.0 Å². The summed E-state index contributed by atoms with van der Waals surface area (Å²) in [6.07, 6.45) is 0.416. The molecule has 274 valence electrons. The second kappa shape index (κ2) is 16.7. The van der Waals surface area contributed by atoms with Crippen molar-refractivity contribution in [1.82, 2.24) is 35.0 Å². The standard InChI is InChI=1S/C33H37N9O8S2/c1-16-28(44)23(12-26(48-2)49-16)42-52-33-39-21-8-7-20(11-24(21)51-33)50-25(43)10-9-22(31(46)47)36-13-17-3-5-18(6-4-17)35-14-19-15-37-29-27(38-19)30(45)41-32(34)40-29/h3-8,11,15-16,22-23,26,28,35-36,42,44H,9-10,12-14H2,1-2H3,(H,46,47)(H3,34,37,40,41,45). The molecule has 5 atom stereocenters. The summed E-state index contributed by atoms with van der Waals surface area (Å²) in [5, 5.41) is 26.5. The number of hydrogen-bond acceptors (Lipinski definition) is 17. The number of methoxy groups -OCH3 is 1. The summed E-state index contributed by atoms with van der Waals surface area (Å²) in [5.41, 5.74) is 8.21. The summed E-state index contributed by atoms with van der Waals surface area (Å²) in [6.45, 7) is 2.36. The van der Waals surface area contributed by atoms with Crippen LogP contribution in [0.25, 0.3) is 21.4 Å². The summed E-state index contributed by atoms with van der Waals surface area (Å²) < 4.78 is 21.2. The molecule has 1 fully saturated rings. The maximum Gasteiger partial charge on any atom is 0.320 e. The highest BCUT2D eigenvalue weighted by atomic mass is 32.2. The van der Waals surface area contributed by atoms with Gasteiger partial charge in [-0.15, -0.1) is 11.3 Å². The zero-order valence-electron chi connectivity index (χ0n) is 28.1. The van der Waals surface area contributed by atoms with Crippen LogP contribution in [0.5, 0.6) is 5.75 Å². The van der Waals surface area contributed by atoms with Crippen molar-refractivity contribution in [1.29, 1.82) is 0 Å². The van der Waals surface area contributed by atoms with E-state index in [0.717, 1.165) is 25.8 Å². The third-order valence-electron chi connectivity index (χ3n) is 8.24. The van der Waals surface area contributed by atoms with Crippen LogP contribution in [0.4, 0.5) is 11.6 Å². The van der Waals surface area contributed by atoms with Crippen LogP contribution in [-0.4, -0.2) is 84.8 Å². The molecule has 5 aromatic rings. The lowest BCUT2D eigenvalue weighted by molar-refractivity contribution is -0.212. The zero-order chi connectivity index (χ0) is 36.8. The molecule has 0 bridgehead atoms. The monoisotopic (exact) mass is 751 g/mol. The molecule has 19 heteroatoms. The number of carbonyl (C=O) groups excluding carboxylic acids is 1. The minimum Gasteiger partial charge on any atom is -0.480 e. The number of carboxylic acids is 1. The van der Waals surface area contributed by atoms with Crippen molar-refractivity contribution in [2.75, 3.05) is 18.2 Å². The van der Waals surface area contributed by atoms with Gasteiger partial charge in [0.05, 0.1) is 46.9 Å². The number of carboxylic acid groups (broad SMARTS) is 1. The number of fused-ring (bicyclic) bond motifs is 2. The van der Waals surface area contributed by atoms with Gasteiger partial charge in [-0.2, -0.15) is 4.98 Å². The smallest absolute Gasteiger partial charge is 0.320 e. The van der Waals surface area contributed by atoms with Gasteiger partial charge in [-0.3, -0.25) is 24.1 Å². The van der Waals surface area contributed by atoms with Crippen LogP contribution in [0.15, 0.2) is 57.8 Å². The molecule has 0 spiro atoms. The Labute approximate surface area is 304 Å². The highest BCUT2D eigenvalue weighted by molar-refractivity contribution is 7.99. The first-order valence-electron chi connectivity index (χ1n) is 16.2. The Balaban J connectivity index is 0.952. The van der Waals surface area contributed by atoms with Crippen molar-refractivity contribution in [2.45, 2.75) is 74.2 Å². The summed E-state index contributed by atoms with van der Waals surface area (Å²) in [4.78, 5) is 56.2. The Bertz CT molecular complexity index is 2100. The average Bonchev–Trinajstić information content (AvgIpc) is 3.54. The molecule has 6 rings (SSSR count). The first-order valence-corrected chi connectivity index (χ1v) is 17.9. The van der Waals surface area contributed by atoms with E-state index in [1.54, 1.807) is 32.2 Å². The number of nitrogen functional groups attached to an aromatic ring is 1. The van der Waals surface area contributed by atoms with Crippen molar-refractivity contribution in [3.63, 3.8) is 0 Å². The molecule has 0 amide bonds. The van der Waals surface area contributed by atoms with Gasteiger partial charge in [0.15, 0.2) is 21.8 Å². The number of aromatic nitrogens is 5. The lowest BCUT2D eigenvalue weighted by Crippen LogP contribution is -2.52. The molecule has 0 aliphatic carbocycles. The molecule has 4 heterocycles. The number of nitrogens with one attached hydrogen (secondary N) is 4. The molecule has 52 heavy (non-hydrogen) atoms. The Morgan fingerprint density at radius 1 is 1.17 bits per heavy atom. The van der Waals surface area contributed by atoms with Gasteiger partial charge in [-0.25, -0.2) is 15.0 Å². The van der Waals surface area contributed by atoms with E-state index in [9.17, 15) is 24.6 Å². The number of H-pyrrole nitrogens is 1. The largest absolute Gasteiger partial charge is 0.480 e. The van der Waals surface area contributed by atoms with Crippen molar-refractivity contribution in [2.24, 2.45) is 0 Å². The van der Waals surface area contributed by atoms with E-state index < -0.39 is 35.9 Å². The van der Waals surface area contributed by atoms with E-state index in [-0.39, 0.29) is 48.6 Å². The highest BCUT2D eigenvalue weighted by Crippen LogP contribution is 2.32. The highest BCUT2D eigenvalue weighted by Gasteiger charge is 2.35. The van der Waals surface area contributed by atoms with Crippen LogP contribution in [-0.2, 0) is 32.2 Å². The number of rotatable bonds is 15. The molecule has 2 aromatic carbocycles. The molecule has 1 saturated heterocycles. The molecular weight excluding hydrogens is 715 g/mol. The van der Waals surface area contributed by atoms with Gasteiger partial charge in [-0.05, 0) is 55.1 Å². The number of benzene rings is 2. The van der Waals surface area contributed by atoms with Crippen LogP contribution in [0.1, 0.15) is 37.4 Å². The van der Waals surface area contributed by atoms with Gasteiger partial charge in [0, 0.05) is 38.2 Å². The Hall–Kier alpha value is -4.76. The molecule has 3 aromatic heterocycles. The number of nitrogens with two attached hydrogens (primary N) is 1. The maximum atomic E-state index is 12.7. The minimum absolute atomic E-state index is 0.0292. The predicted molar refractivity (Wildman–Crippen MR) is 194 cm³/mol. The number of nitrogens with zero attached hydrogens (tertiary/aromatic N) is 4. The number of esters is 1. The average molecular weight is 752 g/mol. The van der Waals surface area contributed by atoms with Gasteiger partial charge in [-0.1, -0.05) is 12.1 Å². The molecular formula is C33H37N9O8S2. The first kappa shape index (κ1) is 37.0. The van der Waals surface area contributed by atoms with Gasteiger partial charge in [0.1, 0.15) is 11.8 Å². The second-order valence-corrected chi connectivity index (χ2v) is 14.1. The number of thiazole rings is 1. The number of carbonyl (C=O) groups is 2. The number of anilines is 2. The fourth-order valence-corrected chi connectivity index (χ4v) is 7.36. The number of aromatic amines is 1. The predicted octanol–water partition coefficient (Wildman–Crippen LogP) is 2.55. The van der Waals surface area contributed by atoms with Crippen LogP contribution in [0.3, 0.4) is 0 Å².